The molecule has 0 spiro atoms. The van der Waals surface area contributed by atoms with Crippen molar-refractivity contribution in [3.63, 3.8) is 0 Å². The van der Waals surface area contributed by atoms with Crippen molar-refractivity contribution in [2.24, 2.45) is 0 Å². The van der Waals surface area contributed by atoms with Gasteiger partial charge in [0.25, 0.3) is 0 Å². The predicted octanol–water partition coefficient (Wildman–Crippen LogP) is 3.06. The van der Waals surface area contributed by atoms with E-state index in [2.05, 4.69) is 12.2 Å². The molecule has 1 N–H and O–H groups in total. The Labute approximate surface area is 120 Å². The Kier molecular flexibility index (Phi) is 5.80. The van der Waals surface area contributed by atoms with Gasteiger partial charge < -0.3 is 14.8 Å². The van der Waals surface area contributed by atoms with Crippen LogP contribution in [0.2, 0.25) is 0 Å². The molecule has 0 aliphatic carbocycles. The van der Waals surface area contributed by atoms with E-state index in [0.29, 0.717) is 24.0 Å². The molecule has 1 saturated heterocycles. The molecule has 0 amide bonds. The Balaban J connectivity index is 1.71. The molecule has 1 heterocycles. The monoisotopic (exact) mass is 281 g/mol. The van der Waals surface area contributed by atoms with Gasteiger partial charge in [-0.05, 0) is 56.5 Å². The van der Waals surface area contributed by atoms with Gasteiger partial charge in [0.05, 0.1) is 12.2 Å². The van der Waals surface area contributed by atoms with Crippen molar-refractivity contribution < 1.29 is 13.9 Å². The summed E-state index contributed by atoms with van der Waals surface area (Å²) >= 11 is 0. The third-order valence-electron chi connectivity index (χ3n) is 3.56. The fourth-order valence-electron chi connectivity index (χ4n) is 2.39. The summed E-state index contributed by atoms with van der Waals surface area (Å²) < 4.78 is 24.8. The van der Waals surface area contributed by atoms with Crippen molar-refractivity contribution in [2.45, 2.75) is 45.3 Å². The Morgan fingerprint density at radius 1 is 1.35 bits per heavy atom. The lowest BCUT2D eigenvalue weighted by atomic mass is 10.2. The van der Waals surface area contributed by atoms with Crippen LogP contribution in [-0.4, -0.2) is 31.9 Å². The molecule has 1 aliphatic heterocycles. The van der Waals surface area contributed by atoms with Crippen LogP contribution in [0.25, 0.3) is 0 Å². The van der Waals surface area contributed by atoms with Crippen molar-refractivity contribution in [3.05, 3.63) is 29.6 Å². The first-order valence-electron chi connectivity index (χ1n) is 7.44. The summed E-state index contributed by atoms with van der Waals surface area (Å²) in [6.07, 6.45) is 3.69. The minimum Gasteiger partial charge on any atom is -0.491 e. The fraction of sp³-hybridized carbons (Fsp3) is 0.625. The topological polar surface area (TPSA) is 30.5 Å². The summed E-state index contributed by atoms with van der Waals surface area (Å²) in [4.78, 5) is 0. The molecular formula is C16H24FNO2. The van der Waals surface area contributed by atoms with E-state index < -0.39 is 0 Å². The lowest BCUT2D eigenvalue weighted by molar-refractivity contribution is 0.0186. The van der Waals surface area contributed by atoms with Crippen LogP contribution in [0.15, 0.2) is 18.2 Å². The number of aryl methyl sites for hydroxylation is 1. The quantitative estimate of drug-likeness (QED) is 0.779. The molecule has 2 unspecified atom stereocenters. The average molecular weight is 281 g/mol. The summed E-state index contributed by atoms with van der Waals surface area (Å²) in [5, 5.41) is 3.38. The third kappa shape index (κ3) is 4.46. The highest BCUT2D eigenvalue weighted by atomic mass is 19.1. The van der Waals surface area contributed by atoms with Gasteiger partial charge in [-0.25, -0.2) is 4.39 Å². The van der Waals surface area contributed by atoms with Crippen LogP contribution in [-0.2, 0) is 4.74 Å². The summed E-state index contributed by atoms with van der Waals surface area (Å²) in [5.41, 5.74) is 0.608. The SMILES string of the molecule is CCCNCC1CCC(COc2ccc(F)c(C)c2)O1. The summed E-state index contributed by atoms with van der Waals surface area (Å²) in [5.74, 6) is 0.511. The Morgan fingerprint density at radius 3 is 2.90 bits per heavy atom. The molecule has 4 heteroatoms. The normalized spacial score (nSPS) is 22.1. The standard InChI is InChI=1S/C16H24FNO2/c1-3-8-18-10-14-4-5-15(20-14)11-19-13-6-7-16(17)12(2)9-13/h6-7,9,14-15,18H,3-5,8,10-11H2,1-2H3. The largest absolute Gasteiger partial charge is 0.491 e. The van der Waals surface area contributed by atoms with Gasteiger partial charge in [0.1, 0.15) is 18.2 Å². The number of hydrogen-bond acceptors (Lipinski definition) is 3. The second-order valence-electron chi connectivity index (χ2n) is 5.38. The number of rotatable bonds is 7. The van der Waals surface area contributed by atoms with Crippen molar-refractivity contribution in [1.29, 1.82) is 0 Å². The van der Waals surface area contributed by atoms with Crippen molar-refractivity contribution >= 4 is 0 Å². The molecular weight excluding hydrogens is 257 g/mol. The molecule has 20 heavy (non-hydrogen) atoms. The van der Waals surface area contributed by atoms with Crippen molar-refractivity contribution in [1.82, 2.24) is 5.32 Å². The van der Waals surface area contributed by atoms with Crippen molar-refractivity contribution in [2.75, 3.05) is 19.7 Å². The van der Waals surface area contributed by atoms with E-state index in [0.717, 1.165) is 32.4 Å². The zero-order valence-electron chi connectivity index (χ0n) is 12.3. The average Bonchev–Trinajstić information content (AvgIpc) is 2.88. The van der Waals surface area contributed by atoms with E-state index in [4.69, 9.17) is 9.47 Å². The van der Waals surface area contributed by atoms with E-state index in [1.165, 1.54) is 6.07 Å². The highest BCUT2D eigenvalue weighted by Crippen LogP contribution is 2.21. The maximum absolute atomic E-state index is 13.2. The molecule has 2 rings (SSSR count). The summed E-state index contributed by atoms with van der Waals surface area (Å²) in [6, 6.07) is 4.83. The smallest absolute Gasteiger partial charge is 0.126 e. The predicted molar refractivity (Wildman–Crippen MR) is 77.7 cm³/mol. The van der Waals surface area contributed by atoms with Crippen molar-refractivity contribution in [3.8, 4) is 5.75 Å². The van der Waals surface area contributed by atoms with Crippen LogP contribution < -0.4 is 10.1 Å². The van der Waals surface area contributed by atoms with Crippen LogP contribution in [0, 0.1) is 12.7 Å². The highest BCUT2D eigenvalue weighted by molar-refractivity contribution is 5.28. The van der Waals surface area contributed by atoms with E-state index in [1.807, 2.05) is 0 Å². The number of benzene rings is 1. The van der Waals surface area contributed by atoms with Gasteiger partial charge in [-0.15, -0.1) is 0 Å². The highest BCUT2D eigenvalue weighted by Gasteiger charge is 2.25. The van der Waals surface area contributed by atoms with Crippen LogP contribution in [0.4, 0.5) is 4.39 Å². The van der Waals surface area contributed by atoms with E-state index in [-0.39, 0.29) is 11.9 Å². The molecule has 0 bridgehead atoms. The Bertz CT molecular complexity index is 425. The number of nitrogens with one attached hydrogen (secondary N) is 1. The molecule has 2 atom stereocenters. The maximum Gasteiger partial charge on any atom is 0.126 e. The number of halogens is 1. The van der Waals surface area contributed by atoms with Gasteiger partial charge >= 0.3 is 0 Å². The van der Waals surface area contributed by atoms with Gasteiger partial charge in [0, 0.05) is 6.54 Å². The Morgan fingerprint density at radius 2 is 2.15 bits per heavy atom. The summed E-state index contributed by atoms with van der Waals surface area (Å²) in [6.45, 7) is 6.39. The van der Waals surface area contributed by atoms with Crippen LogP contribution in [0.1, 0.15) is 31.7 Å². The van der Waals surface area contributed by atoms with Crippen LogP contribution in [0.5, 0.6) is 5.75 Å². The number of ether oxygens (including phenoxy) is 2. The third-order valence-corrected chi connectivity index (χ3v) is 3.56. The molecule has 3 nitrogen and oxygen atoms in total. The first-order valence-corrected chi connectivity index (χ1v) is 7.44. The molecule has 1 aliphatic rings. The molecule has 1 aromatic rings. The molecule has 1 aromatic carbocycles. The maximum atomic E-state index is 13.2. The van der Waals surface area contributed by atoms with Gasteiger partial charge in [-0.2, -0.15) is 0 Å². The van der Waals surface area contributed by atoms with Crippen LogP contribution >= 0.6 is 0 Å². The van der Waals surface area contributed by atoms with E-state index in [1.54, 1.807) is 19.1 Å². The zero-order chi connectivity index (χ0) is 14.4. The first kappa shape index (κ1) is 15.3. The zero-order valence-corrected chi connectivity index (χ0v) is 12.3. The van der Waals surface area contributed by atoms with Gasteiger partial charge in [-0.1, -0.05) is 6.92 Å². The second-order valence-corrected chi connectivity index (χ2v) is 5.38. The lowest BCUT2D eigenvalue weighted by Gasteiger charge is -2.15. The molecule has 1 fully saturated rings. The molecule has 112 valence electrons. The second kappa shape index (κ2) is 7.60. The minimum atomic E-state index is -0.198. The minimum absolute atomic E-state index is 0.147. The van der Waals surface area contributed by atoms with Gasteiger partial charge in [-0.3, -0.25) is 0 Å². The number of hydrogen-bond donors (Lipinski definition) is 1. The van der Waals surface area contributed by atoms with Gasteiger partial charge in [0.15, 0.2) is 0 Å². The first-order chi connectivity index (χ1) is 9.69. The van der Waals surface area contributed by atoms with Gasteiger partial charge in [0.2, 0.25) is 0 Å². The van der Waals surface area contributed by atoms with Crippen LogP contribution in [0.3, 0.4) is 0 Å². The van der Waals surface area contributed by atoms with E-state index >= 15 is 0 Å². The lowest BCUT2D eigenvalue weighted by Crippen LogP contribution is -2.28. The molecule has 0 radical (unpaired) electrons. The molecule has 0 aromatic heterocycles. The van der Waals surface area contributed by atoms with E-state index in [9.17, 15) is 4.39 Å². The summed E-state index contributed by atoms with van der Waals surface area (Å²) in [7, 11) is 0. The fourth-order valence-corrected chi connectivity index (χ4v) is 2.39. The molecule has 0 saturated carbocycles. The Hall–Kier alpha value is -1.13.